The molecule has 1 aliphatic heterocycles. The van der Waals surface area contributed by atoms with Crippen molar-refractivity contribution in [3.8, 4) is 5.88 Å². The summed E-state index contributed by atoms with van der Waals surface area (Å²) in [5.41, 5.74) is -0.369. The van der Waals surface area contributed by atoms with E-state index in [1.54, 1.807) is 31.2 Å². The van der Waals surface area contributed by atoms with Gasteiger partial charge in [-0.15, -0.1) is 0 Å². The highest BCUT2D eigenvalue weighted by Gasteiger charge is 2.29. The summed E-state index contributed by atoms with van der Waals surface area (Å²) < 4.78 is 2.67. The largest absolute Gasteiger partial charge is 0.494 e. The van der Waals surface area contributed by atoms with Gasteiger partial charge in [0.2, 0.25) is 5.88 Å². The minimum atomic E-state index is -0.694. The van der Waals surface area contributed by atoms with Crippen LogP contribution >= 0.6 is 15.9 Å². The van der Waals surface area contributed by atoms with E-state index in [2.05, 4.69) is 21.0 Å². The molecule has 0 saturated heterocycles. The molecule has 1 aromatic heterocycles. The van der Waals surface area contributed by atoms with Gasteiger partial charge in [-0.25, -0.2) is 4.79 Å². The number of carbonyl (C=O) groups excluding carboxylic acids is 1. The van der Waals surface area contributed by atoms with Crippen LogP contribution in [0.15, 0.2) is 49.0 Å². The van der Waals surface area contributed by atoms with Crippen molar-refractivity contribution in [1.82, 2.24) is 9.13 Å². The van der Waals surface area contributed by atoms with E-state index in [1.165, 1.54) is 25.2 Å². The van der Waals surface area contributed by atoms with Crippen molar-refractivity contribution >= 4 is 39.3 Å². The smallest absolute Gasteiger partial charge is 0.333 e. The van der Waals surface area contributed by atoms with Gasteiger partial charge in [-0.05, 0) is 37.3 Å². The fourth-order valence-corrected chi connectivity index (χ4v) is 2.84. The number of aromatic nitrogens is 2. The van der Waals surface area contributed by atoms with E-state index in [4.69, 9.17) is 0 Å². The second-order valence-electron chi connectivity index (χ2n) is 5.78. The third-order valence-electron chi connectivity index (χ3n) is 4.09. The van der Waals surface area contributed by atoms with Crippen LogP contribution in [0, 0.1) is 0 Å². The number of anilines is 1. The number of benzene rings is 1. The Hall–Kier alpha value is -2.94. The summed E-state index contributed by atoms with van der Waals surface area (Å²) in [6.45, 7) is 1.63. The van der Waals surface area contributed by atoms with Crippen molar-refractivity contribution in [2.75, 3.05) is 5.01 Å². The monoisotopic (exact) mass is 418 g/mol. The van der Waals surface area contributed by atoms with Crippen LogP contribution in [0.2, 0.25) is 0 Å². The molecule has 8 nitrogen and oxygen atoms in total. The summed E-state index contributed by atoms with van der Waals surface area (Å²) in [6, 6.07) is 7.02. The topological polar surface area (TPSA) is 96.9 Å². The van der Waals surface area contributed by atoms with Crippen LogP contribution in [0.4, 0.5) is 5.69 Å². The number of carbonyl (C=O) groups is 1. The summed E-state index contributed by atoms with van der Waals surface area (Å²) in [7, 11) is 2.64. The molecule has 9 heteroatoms. The van der Waals surface area contributed by atoms with Gasteiger partial charge in [0, 0.05) is 18.6 Å². The summed E-state index contributed by atoms with van der Waals surface area (Å²) in [4.78, 5) is 36.9. The second-order valence-corrected chi connectivity index (χ2v) is 6.70. The van der Waals surface area contributed by atoms with Crippen LogP contribution in [0.5, 0.6) is 5.88 Å². The molecule has 2 heterocycles. The van der Waals surface area contributed by atoms with Gasteiger partial charge in [0.05, 0.1) is 17.0 Å². The lowest BCUT2D eigenvalue weighted by Crippen LogP contribution is -2.38. The minimum Gasteiger partial charge on any atom is -0.494 e. The van der Waals surface area contributed by atoms with E-state index in [0.717, 1.165) is 13.6 Å². The number of rotatable bonds is 2. The molecule has 0 unspecified atom stereocenters. The number of hydrazone groups is 1. The average Bonchev–Trinajstić information content (AvgIpc) is 2.90. The molecule has 0 radical (unpaired) electrons. The first-order valence-electron chi connectivity index (χ1n) is 7.58. The molecule has 26 heavy (non-hydrogen) atoms. The standard InChI is InChI=1S/C17H15BrN4O4/c1-9-12(8-13-14(23)20(2)17(26)21(3)15(13)24)16(25)22(19-9)11-6-4-10(18)5-7-11/h4-8,23H,1-3H3/b12-8+. The highest BCUT2D eigenvalue weighted by molar-refractivity contribution is 9.10. The van der Waals surface area contributed by atoms with Gasteiger partial charge in [0.1, 0.15) is 5.56 Å². The van der Waals surface area contributed by atoms with Crippen LogP contribution in [0.1, 0.15) is 12.5 Å². The van der Waals surface area contributed by atoms with Gasteiger partial charge in [0.25, 0.3) is 11.5 Å². The molecule has 0 bridgehead atoms. The van der Waals surface area contributed by atoms with E-state index < -0.39 is 23.0 Å². The first-order chi connectivity index (χ1) is 12.2. The van der Waals surface area contributed by atoms with Gasteiger partial charge < -0.3 is 5.11 Å². The highest BCUT2D eigenvalue weighted by Crippen LogP contribution is 2.26. The van der Waals surface area contributed by atoms with Gasteiger partial charge >= 0.3 is 5.69 Å². The van der Waals surface area contributed by atoms with Crippen molar-refractivity contribution in [3.05, 3.63) is 60.7 Å². The zero-order valence-electron chi connectivity index (χ0n) is 14.2. The fraction of sp³-hybridized carbons (Fsp3) is 0.176. The number of hydrogen-bond donors (Lipinski definition) is 1. The molecule has 134 valence electrons. The van der Waals surface area contributed by atoms with Gasteiger partial charge in [-0.2, -0.15) is 10.1 Å². The van der Waals surface area contributed by atoms with Crippen molar-refractivity contribution in [2.24, 2.45) is 19.2 Å². The molecule has 0 fully saturated rings. The van der Waals surface area contributed by atoms with Crippen LogP contribution in [-0.2, 0) is 18.9 Å². The SMILES string of the molecule is CC1=NN(c2ccc(Br)cc2)C(=O)/C1=C/c1c(O)n(C)c(=O)n(C)c1=O. The Bertz CT molecular complexity index is 1090. The third-order valence-corrected chi connectivity index (χ3v) is 4.62. The van der Waals surface area contributed by atoms with Crippen molar-refractivity contribution in [2.45, 2.75) is 6.92 Å². The first kappa shape index (κ1) is 17.9. The Balaban J connectivity index is 2.11. The van der Waals surface area contributed by atoms with Gasteiger partial charge in [-0.3, -0.25) is 18.7 Å². The van der Waals surface area contributed by atoms with E-state index in [1.807, 2.05) is 0 Å². The molecular formula is C17H15BrN4O4. The quantitative estimate of drug-likeness (QED) is 0.744. The number of aromatic hydroxyl groups is 1. The first-order valence-corrected chi connectivity index (χ1v) is 8.38. The van der Waals surface area contributed by atoms with Crippen LogP contribution in [0.3, 0.4) is 0 Å². The zero-order valence-corrected chi connectivity index (χ0v) is 15.8. The predicted molar refractivity (Wildman–Crippen MR) is 101 cm³/mol. The Morgan fingerprint density at radius 2 is 1.69 bits per heavy atom. The molecule has 0 spiro atoms. The lowest BCUT2D eigenvalue weighted by molar-refractivity contribution is -0.114. The molecule has 1 aliphatic rings. The summed E-state index contributed by atoms with van der Waals surface area (Å²) in [5.74, 6) is -0.937. The molecule has 2 aromatic rings. The zero-order chi connectivity index (χ0) is 19.2. The second kappa shape index (κ2) is 6.41. The number of halogens is 1. The number of hydrogen-bond acceptors (Lipinski definition) is 5. The molecule has 1 aromatic carbocycles. The Labute approximate surface area is 156 Å². The van der Waals surface area contributed by atoms with Crippen molar-refractivity contribution in [3.63, 3.8) is 0 Å². The van der Waals surface area contributed by atoms with E-state index in [0.29, 0.717) is 11.4 Å². The maximum absolute atomic E-state index is 12.7. The molecule has 1 amide bonds. The number of amides is 1. The maximum atomic E-state index is 12.7. The normalized spacial score (nSPS) is 15.7. The van der Waals surface area contributed by atoms with E-state index in [-0.39, 0.29) is 11.1 Å². The maximum Gasteiger partial charge on any atom is 0.333 e. The summed E-state index contributed by atoms with van der Waals surface area (Å²) in [5, 5.41) is 15.6. The van der Waals surface area contributed by atoms with E-state index in [9.17, 15) is 19.5 Å². The Morgan fingerprint density at radius 3 is 2.31 bits per heavy atom. The van der Waals surface area contributed by atoms with Gasteiger partial charge in [0.15, 0.2) is 0 Å². The average molecular weight is 419 g/mol. The molecule has 0 atom stereocenters. The minimum absolute atomic E-state index is 0.148. The van der Waals surface area contributed by atoms with Gasteiger partial charge in [-0.1, -0.05) is 15.9 Å². The van der Waals surface area contributed by atoms with Crippen molar-refractivity contribution < 1.29 is 9.90 Å². The van der Waals surface area contributed by atoms with Crippen LogP contribution < -0.4 is 16.3 Å². The summed E-state index contributed by atoms with van der Waals surface area (Å²) in [6.07, 6.45) is 1.26. The lowest BCUT2D eigenvalue weighted by Gasteiger charge is -2.12. The molecule has 1 N–H and O–H groups in total. The fourth-order valence-electron chi connectivity index (χ4n) is 2.57. The lowest BCUT2D eigenvalue weighted by atomic mass is 10.1. The molecular weight excluding hydrogens is 404 g/mol. The van der Waals surface area contributed by atoms with E-state index >= 15 is 0 Å². The third kappa shape index (κ3) is 2.80. The van der Waals surface area contributed by atoms with Crippen LogP contribution in [-0.4, -0.2) is 25.9 Å². The van der Waals surface area contributed by atoms with Crippen molar-refractivity contribution in [1.29, 1.82) is 0 Å². The molecule has 3 rings (SSSR count). The summed E-state index contributed by atoms with van der Waals surface area (Å²) >= 11 is 3.33. The molecule has 0 aliphatic carbocycles. The highest BCUT2D eigenvalue weighted by atomic mass is 79.9. The van der Waals surface area contributed by atoms with Crippen LogP contribution in [0.25, 0.3) is 6.08 Å². The Kier molecular flexibility index (Phi) is 4.41. The molecule has 0 saturated carbocycles. The predicted octanol–water partition coefficient (Wildman–Crippen LogP) is 1.36. The number of nitrogens with zero attached hydrogens (tertiary/aromatic N) is 4. The Morgan fingerprint density at radius 1 is 1.08 bits per heavy atom.